The highest BCUT2D eigenvalue weighted by Gasteiger charge is 2.31. The van der Waals surface area contributed by atoms with Gasteiger partial charge in [-0.05, 0) is 38.8 Å². The molecule has 140 valence electrons. The summed E-state index contributed by atoms with van der Waals surface area (Å²) < 4.78 is 2.00. The molecule has 1 fully saturated rings. The van der Waals surface area contributed by atoms with E-state index in [4.69, 9.17) is 5.73 Å². The lowest BCUT2D eigenvalue weighted by Gasteiger charge is -2.37. The quantitative estimate of drug-likeness (QED) is 0.732. The Labute approximate surface area is 156 Å². The van der Waals surface area contributed by atoms with Gasteiger partial charge in [-0.3, -0.25) is 4.79 Å². The minimum Gasteiger partial charge on any atom is -0.481 e. The van der Waals surface area contributed by atoms with Crippen LogP contribution in [-0.2, 0) is 4.79 Å². The molecule has 0 amide bonds. The van der Waals surface area contributed by atoms with Gasteiger partial charge in [-0.2, -0.15) is 4.98 Å². The van der Waals surface area contributed by atoms with Gasteiger partial charge in [0.05, 0.1) is 23.3 Å². The number of nitrogens with two attached hydrogens (primary N) is 1. The predicted octanol–water partition coefficient (Wildman–Crippen LogP) is 2.37. The molecule has 3 aromatic heterocycles. The first kappa shape index (κ1) is 17.3. The van der Waals surface area contributed by atoms with Crippen molar-refractivity contribution in [3.63, 3.8) is 0 Å². The van der Waals surface area contributed by atoms with E-state index < -0.39 is 11.9 Å². The highest BCUT2D eigenvalue weighted by molar-refractivity contribution is 5.72. The van der Waals surface area contributed by atoms with Crippen molar-refractivity contribution in [1.82, 2.24) is 19.4 Å². The fourth-order valence-corrected chi connectivity index (χ4v) is 3.65. The highest BCUT2D eigenvalue weighted by atomic mass is 16.4. The molecule has 1 aliphatic heterocycles. The molecule has 0 aromatic carbocycles. The second kappa shape index (κ2) is 6.53. The zero-order valence-corrected chi connectivity index (χ0v) is 15.3. The highest BCUT2D eigenvalue weighted by Crippen LogP contribution is 2.30. The largest absolute Gasteiger partial charge is 0.481 e. The van der Waals surface area contributed by atoms with Crippen LogP contribution in [0.25, 0.3) is 16.8 Å². The van der Waals surface area contributed by atoms with Crippen LogP contribution in [0.2, 0.25) is 0 Å². The number of pyridine rings is 1. The van der Waals surface area contributed by atoms with Gasteiger partial charge in [0.2, 0.25) is 5.95 Å². The Kier molecular flexibility index (Phi) is 4.18. The summed E-state index contributed by atoms with van der Waals surface area (Å²) in [5, 5.41) is 9.39. The molecular weight excluding hydrogens is 344 g/mol. The van der Waals surface area contributed by atoms with E-state index in [2.05, 4.69) is 21.9 Å². The SMILES string of the molecule is Cc1ncc2ccc(-c3cc(N4C[C@H](C(=O)O)CC[C@@H]4C)nc(N)n3)cn12. The fraction of sp³-hybridized carbons (Fsp3) is 0.368. The Bertz CT molecular complexity index is 1010. The average molecular weight is 366 g/mol. The summed E-state index contributed by atoms with van der Waals surface area (Å²) in [5.41, 5.74) is 8.60. The van der Waals surface area contributed by atoms with Crippen LogP contribution in [0.1, 0.15) is 25.6 Å². The van der Waals surface area contributed by atoms with Crippen molar-refractivity contribution in [1.29, 1.82) is 0 Å². The molecular formula is C19H22N6O2. The van der Waals surface area contributed by atoms with E-state index in [1.807, 2.05) is 46.8 Å². The molecule has 8 nitrogen and oxygen atoms in total. The van der Waals surface area contributed by atoms with Crippen molar-refractivity contribution >= 4 is 23.3 Å². The molecule has 8 heteroatoms. The predicted molar refractivity (Wildman–Crippen MR) is 103 cm³/mol. The second-order valence-electron chi connectivity index (χ2n) is 7.10. The smallest absolute Gasteiger partial charge is 0.308 e. The van der Waals surface area contributed by atoms with Crippen LogP contribution < -0.4 is 10.6 Å². The monoisotopic (exact) mass is 366 g/mol. The van der Waals surface area contributed by atoms with Gasteiger partial charge in [0.15, 0.2) is 0 Å². The molecule has 1 aliphatic rings. The van der Waals surface area contributed by atoms with E-state index in [1.165, 1.54) is 0 Å². The van der Waals surface area contributed by atoms with Gasteiger partial charge < -0.3 is 20.1 Å². The Morgan fingerprint density at radius 3 is 2.89 bits per heavy atom. The Morgan fingerprint density at radius 2 is 2.11 bits per heavy atom. The molecule has 0 bridgehead atoms. The number of piperidine rings is 1. The maximum absolute atomic E-state index is 11.4. The molecule has 1 saturated heterocycles. The van der Waals surface area contributed by atoms with Crippen LogP contribution in [0, 0.1) is 12.8 Å². The van der Waals surface area contributed by atoms with Gasteiger partial charge in [0.1, 0.15) is 11.6 Å². The normalized spacial score (nSPS) is 20.1. The van der Waals surface area contributed by atoms with E-state index in [-0.39, 0.29) is 12.0 Å². The lowest BCUT2D eigenvalue weighted by Crippen LogP contribution is -2.44. The first-order chi connectivity index (χ1) is 12.9. The van der Waals surface area contributed by atoms with Crippen LogP contribution in [0.5, 0.6) is 0 Å². The number of carbonyl (C=O) groups is 1. The number of aromatic nitrogens is 4. The molecule has 4 rings (SSSR count). The van der Waals surface area contributed by atoms with Crippen LogP contribution in [-0.4, -0.2) is 43.0 Å². The number of imidazole rings is 1. The molecule has 3 N–H and O–H groups in total. The first-order valence-electron chi connectivity index (χ1n) is 9.00. The first-order valence-corrected chi connectivity index (χ1v) is 9.00. The number of aryl methyl sites for hydroxylation is 1. The summed E-state index contributed by atoms with van der Waals surface area (Å²) in [6, 6.07) is 6.03. The van der Waals surface area contributed by atoms with Crippen molar-refractivity contribution in [3.8, 4) is 11.3 Å². The summed E-state index contributed by atoms with van der Waals surface area (Å²) >= 11 is 0. The molecule has 3 aromatic rings. The molecule has 0 aliphatic carbocycles. The van der Waals surface area contributed by atoms with Crippen LogP contribution in [0.3, 0.4) is 0 Å². The van der Waals surface area contributed by atoms with Gasteiger partial charge in [-0.15, -0.1) is 0 Å². The summed E-state index contributed by atoms with van der Waals surface area (Å²) in [5.74, 6) is 0.567. The molecule has 0 spiro atoms. The molecule has 4 heterocycles. The lowest BCUT2D eigenvalue weighted by molar-refractivity contribution is -0.142. The van der Waals surface area contributed by atoms with E-state index >= 15 is 0 Å². The Balaban J connectivity index is 1.74. The van der Waals surface area contributed by atoms with Crippen LogP contribution in [0.15, 0.2) is 30.6 Å². The summed E-state index contributed by atoms with van der Waals surface area (Å²) in [7, 11) is 0. The Morgan fingerprint density at radius 1 is 1.30 bits per heavy atom. The van der Waals surface area contributed by atoms with Crippen molar-refractivity contribution < 1.29 is 9.90 Å². The van der Waals surface area contributed by atoms with Gasteiger partial charge in [0, 0.05) is 30.4 Å². The summed E-state index contributed by atoms with van der Waals surface area (Å²) in [6.07, 6.45) is 5.27. The lowest BCUT2D eigenvalue weighted by atomic mass is 9.93. The van der Waals surface area contributed by atoms with Crippen LogP contribution >= 0.6 is 0 Å². The molecule has 0 unspecified atom stereocenters. The van der Waals surface area contributed by atoms with Crippen LogP contribution in [0.4, 0.5) is 11.8 Å². The third-order valence-electron chi connectivity index (χ3n) is 5.26. The standard InChI is InChI=1S/C19H22N6O2/c1-11-3-4-14(18(26)27)10-24(11)17-7-16(22-19(20)23-17)13-5-6-15-8-21-12(2)25(15)9-13/h5-9,11,14H,3-4,10H2,1-2H3,(H,26,27)(H2,20,22,23)/t11-,14+/m0/s1. The number of hydrogen-bond acceptors (Lipinski definition) is 6. The van der Waals surface area contributed by atoms with Gasteiger partial charge in [-0.25, -0.2) is 9.97 Å². The van der Waals surface area contributed by atoms with Gasteiger partial charge >= 0.3 is 5.97 Å². The number of nitrogens with zero attached hydrogens (tertiary/aromatic N) is 5. The van der Waals surface area contributed by atoms with E-state index in [1.54, 1.807) is 0 Å². The van der Waals surface area contributed by atoms with Gasteiger partial charge in [-0.1, -0.05) is 0 Å². The molecule has 27 heavy (non-hydrogen) atoms. The number of hydrogen-bond donors (Lipinski definition) is 2. The van der Waals surface area contributed by atoms with Crippen molar-refractivity contribution in [3.05, 3.63) is 36.4 Å². The minimum absolute atomic E-state index is 0.176. The van der Waals surface area contributed by atoms with Crippen molar-refractivity contribution in [2.75, 3.05) is 17.2 Å². The van der Waals surface area contributed by atoms with Crippen molar-refractivity contribution in [2.24, 2.45) is 5.92 Å². The number of aliphatic carboxylic acids is 1. The van der Waals surface area contributed by atoms with E-state index in [9.17, 15) is 9.90 Å². The number of rotatable bonds is 3. The Hall–Kier alpha value is -3.16. The topological polar surface area (TPSA) is 110 Å². The number of carboxylic acid groups (broad SMARTS) is 1. The third-order valence-corrected chi connectivity index (χ3v) is 5.26. The summed E-state index contributed by atoms with van der Waals surface area (Å²) in [6.45, 7) is 4.45. The second-order valence-corrected chi connectivity index (χ2v) is 7.10. The van der Waals surface area contributed by atoms with Crippen molar-refractivity contribution in [2.45, 2.75) is 32.7 Å². The number of carboxylic acids is 1. The van der Waals surface area contributed by atoms with E-state index in [0.717, 1.165) is 23.3 Å². The molecule has 2 atom stereocenters. The minimum atomic E-state index is -0.768. The number of fused-ring (bicyclic) bond motifs is 1. The maximum atomic E-state index is 11.4. The number of anilines is 2. The third kappa shape index (κ3) is 3.18. The number of nitrogen functional groups attached to an aromatic ring is 1. The maximum Gasteiger partial charge on any atom is 0.308 e. The fourth-order valence-electron chi connectivity index (χ4n) is 3.65. The zero-order valence-electron chi connectivity index (χ0n) is 15.3. The zero-order chi connectivity index (χ0) is 19.1. The molecule has 0 radical (unpaired) electrons. The summed E-state index contributed by atoms with van der Waals surface area (Å²) in [4.78, 5) is 26.5. The molecule has 0 saturated carbocycles. The van der Waals surface area contributed by atoms with Gasteiger partial charge in [0.25, 0.3) is 0 Å². The average Bonchev–Trinajstić information content (AvgIpc) is 3.02. The van der Waals surface area contributed by atoms with E-state index in [0.29, 0.717) is 24.5 Å².